The summed E-state index contributed by atoms with van der Waals surface area (Å²) in [4.78, 5) is 14.5. The third kappa shape index (κ3) is 3.93. The van der Waals surface area contributed by atoms with E-state index in [1.807, 2.05) is 67.4 Å². The summed E-state index contributed by atoms with van der Waals surface area (Å²) in [5.41, 5.74) is 2.93. The van der Waals surface area contributed by atoms with Crippen LogP contribution in [0.5, 0.6) is 0 Å². The Bertz CT molecular complexity index is 639. The zero-order valence-electron chi connectivity index (χ0n) is 12.6. The first-order chi connectivity index (χ1) is 9.99. The Balaban J connectivity index is 2.09. The van der Waals surface area contributed by atoms with E-state index in [1.165, 1.54) is 0 Å². The van der Waals surface area contributed by atoms with Crippen molar-refractivity contribution in [1.29, 1.82) is 0 Å². The van der Waals surface area contributed by atoms with Crippen molar-refractivity contribution in [3.05, 3.63) is 70.2 Å². The van der Waals surface area contributed by atoms with Crippen molar-refractivity contribution in [2.75, 3.05) is 13.6 Å². The van der Waals surface area contributed by atoms with E-state index in [0.717, 1.165) is 21.7 Å². The highest BCUT2D eigenvalue weighted by Crippen LogP contribution is 2.22. The largest absolute Gasteiger partial charge is 0.293 e. The van der Waals surface area contributed by atoms with Crippen molar-refractivity contribution in [3.8, 4) is 0 Å². The van der Waals surface area contributed by atoms with E-state index in [4.69, 9.17) is 11.6 Å². The second-order valence-corrected chi connectivity index (χ2v) is 5.82. The van der Waals surface area contributed by atoms with Crippen molar-refractivity contribution in [3.63, 3.8) is 0 Å². The molecule has 0 saturated heterocycles. The third-order valence-electron chi connectivity index (χ3n) is 3.83. The summed E-state index contributed by atoms with van der Waals surface area (Å²) in [5, 5.41) is 0.720. The molecule has 1 atom stereocenters. The van der Waals surface area contributed by atoms with Gasteiger partial charge >= 0.3 is 0 Å². The molecule has 0 N–H and O–H groups in total. The number of ketones is 1. The second-order valence-electron chi connectivity index (χ2n) is 5.38. The summed E-state index contributed by atoms with van der Waals surface area (Å²) in [6.45, 7) is 4.43. The zero-order chi connectivity index (χ0) is 15.4. The summed E-state index contributed by atoms with van der Waals surface area (Å²) in [6.07, 6.45) is 0. The monoisotopic (exact) mass is 301 g/mol. The Morgan fingerprint density at radius 3 is 2.57 bits per heavy atom. The SMILES string of the molecule is Cc1ccccc1C(=O)CN(C)C(C)c1cccc(Cl)c1. The van der Waals surface area contributed by atoms with Gasteiger partial charge in [-0.05, 0) is 44.2 Å². The first kappa shape index (κ1) is 15.7. The van der Waals surface area contributed by atoms with Gasteiger partial charge in [-0.2, -0.15) is 0 Å². The minimum absolute atomic E-state index is 0.136. The Hall–Kier alpha value is -1.64. The van der Waals surface area contributed by atoms with Crippen LogP contribution < -0.4 is 0 Å². The second kappa shape index (κ2) is 6.88. The molecule has 21 heavy (non-hydrogen) atoms. The molecule has 0 fully saturated rings. The van der Waals surface area contributed by atoms with Crippen LogP contribution in [0, 0.1) is 6.92 Å². The fraction of sp³-hybridized carbons (Fsp3) is 0.278. The van der Waals surface area contributed by atoms with Gasteiger partial charge in [0.1, 0.15) is 0 Å². The molecular weight excluding hydrogens is 282 g/mol. The van der Waals surface area contributed by atoms with E-state index in [9.17, 15) is 4.79 Å². The lowest BCUT2D eigenvalue weighted by Gasteiger charge is -2.24. The van der Waals surface area contributed by atoms with Crippen LogP contribution >= 0.6 is 11.6 Å². The van der Waals surface area contributed by atoms with Crippen LogP contribution in [0.4, 0.5) is 0 Å². The van der Waals surface area contributed by atoms with E-state index >= 15 is 0 Å². The Kier molecular flexibility index (Phi) is 5.16. The number of nitrogens with zero attached hydrogens (tertiary/aromatic N) is 1. The smallest absolute Gasteiger partial charge is 0.177 e. The van der Waals surface area contributed by atoms with Crippen LogP contribution in [-0.2, 0) is 0 Å². The minimum atomic E-state index is 0.136. The van der Waals surface area contributed by atoms with Gasteiger partial charge in [0.15, 0.2) is 5.78 Å². The number of Topliss-reactive ketones (excluding diaryl/α,β-unsaturated/α-hetero) is 1. The molecule has 0 spiro atoms. The van der Waals surface area contributed by atoms with Crippen LogP contribution in [0.15, 0.2) is 48.5 Å². The number of carbonyl (C=O) groups is 1. The van der Waals surface area contributed by atoms with Gasteiger partial charge in [0.05, 0.1) is 6.54 Å². The molecule has 0 heterocycles. The summed E-state index contributed by atoms with van der Waals surface area (Å²) in [5.74, 6) is 0.143. The molecule has 0 radical (unpaired) electrons. The molecule has 0 aliphatic heterocycles. The summed E-state index contributed by atoms with van der Waals surface area (Å²) in [6, 6.07) is 15.6. The molecule has 2 aromatic rings. The van der Waals surface area contributed by atoms with Gasteiger partial charge in [-0.3, -0.25) is 9.69 Å². The number of aryl methyl sites for hydroxylation is 1. The molecule has 0 bridgehead atoms. The van der Waals surface area contributed by atoms with E-state index in [1.54, 1.807) is 0 Å². The standard InChI is InChI=1S/C18H20ClNO/c1-13-7-4-5-10-17(13)18(21)12-20(3)14(2)15-8-6-9-16(19)11-15/h4-11,14H,12H2,1-3H3. The maximum Gasteiger partial charge on any atom is 0.177 e. The highest BCUT2D eigenvalue weighted by Gasteiger charge is 2.17. The summed E-state index contributed by atoms with van der Waals surface area (Å²) < 4.78 is 0. The van der Waals surface area contributed by atoms with Gasteiger partial charge < -0.3 is 0 Å². The number of benzene rings is 2. The number of halogens is 1. The van der Waals surface area contributed by atoms with Gasteiger partial charge in [0.2, 0.25) is 0 Å². The first-order valence-corrected chi connectivity index (χ1v) is 7.41. The normalized spacial score (nSPS) is 12.4. The molecule has 2 rings (SSSR count). The van der Waals surface area contributed by atoms with Crippen LogP contribution in [0.1, 0.15) is 34.5 Å². The lowest BCUT2D eigenvalue weighted by atomic mass is 10.0. The van der Waals surface area contributed by atoms with Crippen molar-refractivity contribution in [2.45, 2.75) is 19.9 Å². The Morgan fingerprint density at radius 1 is 1.19 bits per heavy atom. The quantitative estimate of drug-likeness (QED) is 0.757. The molecule has 1 unspecified atom stereocenters. The predicted molar refractivity (Wildman–Crippen MR) is 88.0 cm³/mol. The topological polar surface area (TPSA) is 20.3 Å². The van der Waals surface area contributed by atoms with Gasteiger partial charge in [0, 0.05) is 16.6 Å². The molecule has 0 aliphatic rings. The van der Waals surface area contributed by atoms with Crippen molar-refractivity contribution >= 4 is 17.4 Å². The van der Waals surface area contributed by atoms with Gasteiger partial charge in [-0.1, -0.05) is 48.0 Å². The molecule has 110 valence electrons. The molecule has 2 nitrogen and oxygen atoms in total. The molecule has 0 amide bonds. The molecule has 3 heteroatoms. The average Bonchev–Trinajstić information content (AvgIpc) is 2.46. The predicted octanol–water partition coefficient (Wildman–Crippen LogP) is 4.52. The van der Waals surface area contributed by atoms with E-state index in [0.29, 0.717) is 6.54 Å². The summed E-state index contributed by atoms with van der Waals surface area (Å²) in [7, 11) is 1.96. The maximum absolute atomic E-state index is 12.4. The number of carbonyl (C=O) groups excluding carboxylic acids is 1. The zero-order valence-corrected chi connectivity index (χ0v) is 13.4. The average molecular weight is 302 g/mol. The maximum atomic E-state index is 12.4. The Morgan fingerprint density at radius 2 is 1.90 bits per heavy atom. The number of likely N-dealkylation sites (N-methyl/N-ethyl adjacent to an activating group) is 1. The van der Waals surface area contributed by atoms with Crippen LogP contribution in [0.25, 0.3) is 0 Å². The van der Waals surface area contributed by atoms with Crippen LogP contribution in [0.2, 0.25) is 5.02 Å². The number of rotatable bonds is 5. The Labute approximate surface area is 131 Å². The first-order valence-electron chi connectivity index (χ1n) is 7.03. The van der Waals surface area contributed by atoms with Gasteiger partial charge in [-0.15, -0.1) is 0 Å². The fourth-order valence-electron chi connectivity index (χ4n) is 2.36. The van der Waals surface area contributed by atoms with Crippen LogP contribution in [0.3, 0.4) is 0 Å². The highest BCUT2D eigenvalue weighted by atomic mass is 35.5. The minimum Gasteiger partial charge on any atom is -0.293 e. The molecule has 0 aliphatic carbocycles. The highest BCUT2D eigenvalue weighted by molar-refractivity contribution is 6.30. The molecule has 0 aromatic heterocycles. The lowest BCUT2D eigenvalue weighted by molar-refractivity contribution is 0.0924. The van der Waals surface area contributed by atoms with Crippen LogP contribution in [-0.4, -0.2) is 24.3 Å². The fourth-order valence-corrected chi connectivity index (χ4v) is 2.55. The van der Waals surface area contributed by atoms with Crippen molar-refractivity contribution < 1.29 is 4.79 Å². The number of hydrogen-bond donors (Lipinski definition) is 0. The summed E-state index contributed by atoms with van der Waals surface area (Å²) >= 11 is 6.03. The third-order valence-corrected chi connectivity index (χ3v) is 4.07. The number of hydrogen-bond acceptors (Lipinski definition) is 2. The van der Waals surface area contributed by atoms with Gasteiger partial charge in [0.25, 0.3) is 0 Å². The van der Waals surface area contributed by atoms with Crippen molar-refractivity contribution in [1.82, 2.24) is 4.90 Å². The molecule has 0 saturated carbocycles. The van der Waals surface area contributed by atoms with E-state index in [2.05, 4.69) is 6.92 Å². The van der Waals surface area contributed by atoms with Crippen molar-refractivity contribution in [2.24, 2.45) is 0 Å². The lowest BCUT2D eigenvalue weighted by Crippen LogP contribution is -2.29. The molecule has 2 aromatic carbocycles. The van der Waals surface area contributed by atoms with E-state index < -0.39 is 0 Å². The van der Waals surface area contributed by atoms with E-state index in [-0.39, 0.29) is 11.8 Å². The molecular formula is C18H20ClNO. The van der Waals surface area contributed by atoms with Gasteiger partial charge in [-0.25, -0.2) is 0 Å².